The van der Waals surface area contributed by atoms with E-state index in [1.54, 1.807) is 22.3 Å². The van der Waals surface area contributed by atoms with Crippen LogP contribution in [0.2, 0.25) is 0 Å². The predicted octanol–water partition coefficient (Wildman–Crippen LogP) is 1.92. The van der Waals surface area contributed by atoms with Crippen LogP contribution in [0.4, 0.5) is 0 Å². The molecule has 2 N–H and O–H groups in total. The first-order valence-electron chi connectivity index (χ1n) is 11.7. The van der Waals surface area contributed by atoms with Crippen LogP contribution >= 0.6 is 11.3 Å². The molecule has 32 heavy (non-hydrogen) atoms. The van der Waals surface area contributed by atoms with Crippen molar-refractivity contribution >= 4 is 23.2 Å². The highest BCUT2D eigenvalue weighted by Crippen LogP contribution is 2.73. The van der Waals surface area contributed by atoms with Crippen molar-refractivity contribution in [1.29, 1.82) is 0 Å². The molecule has 2 aromatic heterocycles. The van der Waals surface area contributed by atoms with Gasteiger partial charge in [-0.2, -0.15) is 5.10 Å². The van der Waals surface area contributed by atoms with Crippen molar-refractivity contribution in [1.82, 2.24) is 30.3 Å². The summed E-state index contributed by atoms with van der Waals surface area (Å²) in [5.41, 5.74) is 1.04. The zero-order valence-corrected chi connectivity index (χ0v) is 19.3. The van der Waals surface area contributed by atoms with Crippen LogP contribution < -0.4 is 10.6 Å². The number of nitrogens with one attached hydrogen (secondary N) is 2. The molecule has 2 amide bonds. The lowest BCUT2D eigenvalue weighted by molar-refractivity contribution is -0.126. The van der Waals surface area contributed by atoms with Crippen molar-refractivity contribution < 1.29 is 9.59 Å². The number of hydrogen-bond acceptors (Lipinski definition) is 6. The molecule has 3 heterocycles. The Hall–Kier alpha value is -2.26. The number of carbonyl (C=O) groups excluding carboxylic acids is 2. The third kappa shape index (κ3) is 3.12. The fourth-order valence-electron chi connectivity index (χ4n) is 5.89. The number of hydrogen-bond donors (Lipinski definition) is 2. The number of aromatic nitrogens is 3. The Kier molecular flexibility index (Phi) is 4.53. The van der Waals surface area contributed by atoms with E-state index < -0.39 is 5.54 Å². The molecule has 1 atom stereocenters. The number of likely N-dealkylation sites (N-methyl/N-ethyl adjacent to an activating group) is 1. The fourth-order valence-corrected chi connectivity index (χ4v) is 7.10. The molecule has 1 aliphatic heterocycles. The first-order valence-corrected chi connectivity index (χ1v) is 12.5. The third-order valence-electron chi connectivity index (χ3n) is 8.46. The van der Waals surface area contributed by atoms with Gasteiger partial charge in [0.25, 0.3) is 5.91 Å². The van der Waals surface area contributed by atoms with E-state index in [2.05, 4.69) is 38.7 Å². The molecule has 0 saturated heterocycles. The first kappa shape index (κ1) is 20.4. The maximum Gasteiger partial charge on any atom is 0.261 e. The lowest BCUT2D eigenvalue weighted by Crippen LogP contribution is -2.46. The largest absolute Gasteiger partial charge is 0.353 e. The first-order chi connectivity index (χ1) is 15.5. The summed E-state index contributed by atoms with van der Waals surface area (Å²) in [7, 11) is 2.13. The van der Waals surface area contributed by atoms with Crippen LogP contribution in [-0.4, -0.2) is 58.2 Å². The lowest BCUT2D eigenvalue weighted by atomic mass is 9.75. The lowest BCUT2D eigenvalue weighted by Gasteiger charge is -2.33. The highest BCUT2D eigenvalue weighted by atomic mass is 32.1. The third-order valence-corrected chi connectivity index (χ3v) is 9.62. The van der Waals surface area contributed by atoms with E-state index in [0.29, 0.717) is 18.5 Å². The number of carbonyl (C=O) groups is 2. The van der Waals surface area contributed by atoms with Gasteiger partial charge in [0.1, 0.15) is 18.2 Å². The summed E-state index contributed by atoms with van der Waals surface area (Å²) in [4.78, 5) is 34.4. The summed E-state index contributed by atoms with van der Waals surface area (Å²) < 4.78 is 1.69. The van der Waals surface area contributed by atoms with Gasteiger partial charge >= 0.3 is 0 Å². The van der Waals surface area contributed by atoms with Crippen molar-refractivity contribution in [3.8, 4) is 0 Å². The standard InChI is InChI=1S/C23H30N6O2S/c1-28-8-3-16-9-17(32-18(16)10-28)19(30)25-12-22(11-21(22)4-2-5-21)13-26-20(31)23(6-7-23)29-15-24-14-27-29/h9,14-15H,2-8,10-13H2,1H3,(H,25,30)(H,26,31). The molecular formula is C23H30N6O2S. The SMILES string of the molecule is CN1CCc2cc(C(=O)NCC3(CNC(=O)C4(n5cncn5)CC4)CC34CCC4)sc2C1. The second-order valence-corrected chi connectivity index (χ2v) is 11.5. The molecule has 0 radical (unpaired) electrons. The summed E-state index contributed by atoms with van der Waals surface area (Å²) in [6.07, 6.45) is 10.5. The van der Waals surface area contributed by atoms with Crippen molar-refractivity contribution in [2.45, 2.75) is 57.0 Å². The van der Waals surface area contributed by atoms with Crippen LogP contribution in [0.1, 0.15) is 58.6 Å². The Morgan fingerprint density at radius 3 is 2.66 bits per heavy atom. The number of rotatable bonds is 7. The van der Waals surface area contributed by atoms with E-state index in [1.807, 2.05) is 0 Å². The molecular weight excluding hydrogens is 424 g/mol. The van der Waals surface area contributed by atoms with E-state index in [0.717, 1.165) is 43.6 Å². The van der Waals surface area contributed by atoms with Crippen molar-refractivity contribution in [3.63, 3.8) is 0 Å². The second kappa shape index (κ2) is 7.12. The number of amides is 2. The Morgan fingerprint density at radius 2 is 2.00 bits per heavy atom. The summed E-state index contributed by atoms with van der Waals surface area (Å²) in [5.74, 6) is 0.0607. The maximum absolute atomic E-state index is 13.0. The monoisotopic (exact) mass is 454 g/mol. The minimum absolute atomic E-state index is 0.0217. The Balaban J connectivity index is 1.11. The summed E-state index contributed by atoms with van der Waals surface area (Å²) in [5, 5.41) is 10.7. The van der Waals surface area contributed by atoms with Gasteiger partial charge in [-0.05, 0) is 62.6 Å². The van der Waals surface area contributed by atoms with Gasteiger partial charge in [0.05, 0.1) is 4.88 Å². The van der Waals surface area contributed by atoms with Gasteiger partial charge in [-0.15, -0.1) is 11.3 Å². The summed E-state index contributed by atoms with van der Waals surface area (Å²) in [6.45, 7) is 3.23. The molecule has 3 aliphatic carbocycles. The minimum Gasteiger partial charge on any atom is -0.353 e. The quantitative estimate of drug-likeness (QED) is 0.667. The van der Waals surface area contributed by atoms with Crippen molar-refractivity contribution in [2.75, 3.05) is 26.7 Å². The molecule has 0 aromatic carbocycles. The average Bonchev–Trinajstić information content (AvgIpc) is 3.56. The summed E-state index contributed by atoms with van der Waals surface area (Å²) in [6, 6.07) is 2.08. The van der Waals surface area contributed by atoms with E-state index in [9.17, 15) is 9.59 Å². The van der Waals surface area contributed by atoms with Gasteiger partial charge in [-0.1, -0.05) is 6.42 Å². The molecule has 170 valence electrons. The van der Waals surface area contributed by atoms with Crippen LogP contribution in [0.5, 0.6) is 0 Å². The van der Waals surface area contributed by atoms with Gasteiger partial charge in [-0.3, -0.25) is 9.59 Å². The molecule has 8 nitrogen and oxygen atoms in total. The van der Waals surface area contributed by atoms with Gasteiger partial charge in [0.15, 0.2) is 0 Å². The summed E-state index contributed by atoms with van der Waals surface area (Å²) >= 11 is 1.63. The molecule has 3 saturated carbocycles. The molecule has 9 heteroatoms. The van der Waals surface area contributed by atoms with E-state index in [-0.39, 0.29) is 17.2 Å². The van der Waals surface area contributed by atoms with Crippen LogP contribution in [0, 0.1) is 10.8 Å². The topological polar surface area (TPSA) is 92.2 Å². The van der Waals surface area contributed by atoms with Crippen LogP contribution in [0.15, 0.2) is 18.7 Å². The zero-order valence-electron chi connectivity index (χ0n) is 18.5. The fraction of sp³-hybridized carbons (Fsp3) is 0.652. The molecule has 1 unspecified atom stereocenters. The predicted molar refractivity (Wildman–Crippen MR) is 120 cm³/mol. The molecule has 3 fully saturated rings. The number of fused-ring (bicyclic) bond motifs is 1. The van der Waals surface area contributed by atoms with E-state index in [4.69, 9.17) is 0 Å². The van der Waals surface area contributed by atoms with Crippen LogP contribution in [-0.2, 0) is 23.3 Å². The molecule has 4 aliphatic rings. The Labute approximate surface area is 191 Å². The smallest absolute Gasteiger partial charge is 0.261 e. The Morgan fingerprint density at radius 1 is 1.19 bits per heavy atom. The number of nitrogens with zero attached hydrogens (tertiary/aromatic N) is 4. The Bertz CT molecular complexity index is 1050. The van der Waals surface area contributed by atoms with E-state index >= 15 is 0 Å². The van der Waals surface area contributed by atoms with E-state index in [1.165, 1.54) is 36.0 Å². The molecule has 1 spiro atoms. The highest BCUT2D eigenvalue weighted by molar-refractivity contribution is 7.14. The molecule has 2 aromatic rings. The van der Waals surface area contributed by atoms with Crippen molar-refractivity contribution in [3.05, 3.63) is 34.0 Å². The molecule has 0 bridgehead atoms. The normalized spacial score (nSPS) is 26.8. The van der Waals surface area contributed by atoms with Crippen LogP contribution in [0.25, 0.3) is 0 Å². The van der Waals surface area contributed by atoms with Gasteiger partial charge in [0, 0.05) is 36.5 Å². The van der Waals surface area contributed by atoms with Crippen molar-refractivity contribution in [2.24, 2.45) is 10.8 Å². The second-order valence-electron chi connectivity index (χ2n) is 10.4. The highest BCUT2D eigenvalue weighted by Gasteiger charge is 2.69. The number of thiophene rings is 1. The minimum atomic E-state index is -0.564. The van der Waals surface area contributed by atoms with Gasteiger partial charge < -0.3 is 15.5 Å². The maximum atomic E-state index is 13.0. The zero-order chi connectivity index (χ0) is 22.0. The van der Waals surface area contributed by atoms with Gasteiger partial charge in [0.2, 0.25) is 5.91 Å². The van der Waals surface area contributed by atoms with Gasteiger partial charge in [-0.25, -0.2) is 9.67 Å². The average molecular weight is 455 g/mol. The van der Waals surface area contributed by atoms with Crippen LogP contribution in [0.3, 0.4) is 0 Å². The molecule has 6 rings (SSSR count).